The Kier molecular flexibility index (Phi) is 5.90. The molecule has 1 N–H and O–H groups in total. The molecular formula is C27H36FNO4. The first-order valence-corrected chi connectivity index (χ1v) is 12.7. The molecule has 1 saturated heterocycles. The Labute approximate surface area is 195 Å². The van der Waals surface area contributed by atoms with Gasteiger partial charge in [0, 0.05) is 18.0 Å². The van der Waals surface area contributed by atoms with Gasteiger partial charge in [0.1, 0.15) is 17.6 Å². The number of fused-ring (bicyclic) bond motifs is 2. The topological polar surface area (TPSA) is 66.8 Å². The van der Waals surface area contributed by atoms with Gasteiger partial charge in [0.05, 0.1) is 12.2 Å². The van der Waals surface area contributed by atoms with Gasteiger partial charge in [0.2, 0.25) is 0 Å². The van der Waals surface area contributed by atoms with E-state index in [0.29, 0.717) is 49.5 Å². The number of likely N-dealkylation sites (tertiary alicyclic amines) is 1. The van der Waals surface area contributed by atoms with E-state index in [2.05, 4.69) is 13.8 Å². The van der Waals surface area contributed by atoms with Crippen molar-refractivity contribution in [2.45, 2.75) is 83.6 Å². The predicted octanol–water partition coefficient (Wildman–Crippen LogP) is 5.62. The van der Waals surface area contributed by atoms with Gasteiger partial charge < -0.3 is 14.7 Å². The summed E-state index contributed by atoms with van der Waals surface area (Å²) in [6, 6.07) is 2.17. The fourth-order valence-corrected chi connectivity index (χ4v) is 7.31. The van der Waals surface area contributed by atoms with Gasteiger partial charge in [-0.25, -0.2) is 9.18 Å². The van der Waals surface area contributed by atoms with Crippen molar-refractivity contribution >= 4 is 11.9 Å². The molecule has 33 heavy (non-hydrogen) atoms. The number of halogens is 1. The number of rotatable bonds is 6. The highest BCUT2D eigenvalue weighted by Crippen LogP contribution is 2.53. The van der Waals surface area contributed by atoms with E-state index in [-0.39, 0.29) is 11.0 Å². The van der Waals surface area contributed by atoms with E-state index in [1.165, 1.54) is 30.2 Å². The van der Waals surface area contributed by atoms with E-state index in [9.17, 15) is 14.7 Å². The van der Waals surface area contributed by atoms with Crippen LogP contribution in [0.1, 0.15) is 93.5 Å². The molecule has 6 heteroatoms. The molecule has 0 aromatic heterocycles. The summed E-state index contributed by atoms with van der Waals surface area (Å²) < 4.78 is 21.6. The molecule has 1 amide bonds. The zero-order chi connectivity index (χ0) is 23.3. The van der Waals surface area contributed by atoms with Crippen molar-refractivity contribution in [1.82, 2.24) is 4.90 Å². The van der Waals surface area contributed by atoms with Gasteiger partial charge in [-0.3, -0.25) is 4.79 Å². The number of hydrogen-bond acceptors (Lipinski definition) is 3. The lowest BCUT2D eigenvalue weighted by molar-refractivity contribution is -0.141. The summed E-state index contributed by atoms with van der Waals surface area (Å²) in [5.41, 5.74) is 1.05. The van der Waals surface area contributed by atoms with Gasteiger partial charge >= 0.3 is 5.97 Å². The minimum atomic E-state index is -1.02. The van der Waals surface area contributed by atoms with Crippen LogP contribution in [0.2, 0.25) is 0 Å². The van der Waals surface area contributed by atoms with Crippen molar-refractivity contribution in [1.29, 1.82) is 0 Å². The van der Waals surface area contributed by atoms with Crippen molar-refractivity contribution in [2.24, 2.45) is 23.2 Å². The summed E-state index contributed by atoms with van der Waals surface area (Å²) >= 11 is 0. The number of amides is 1. The number of nitrogens with zero attached hydrogens (tertiary/aromatic N) is 1. The fraction of sp³-hybridized carbons (Fsp3) is 0.704. The first-order chi connectivity index (χ1) is 15.7. The SMILES string of the molecule is CC1CC2CC(C)CC(COc3cc(F)c(C(=O)N4CCCC4C(=O)O)cc3C3CC3)(C1)C2. The molecule has 0 radical (unpaired) electrons. The highest BCUT2D eigenvalue weighted by atomic mass is 19.1. The summed E-state index contributed by atoms with van der Waals surface area (Å²) in [4.78, 5) is 25.9. The summed E-state index contributed by atoms with van der Waals surface area (Å²) in [6.45, 7) is 5.65. The third-order valence-electron chi connectivity index (χ3n) is 8.44. The standard InChI is InChI=1S/C27H36FNO4/c1-16-8-18-9-17(2)13-27(12-16,14-18)15-33-24-11-22(28)21(10-20(24)19-5-6-19)25(30)29-7-3-4-23(29)26(31)32/h10-11,16-19,23H,3-9,12-15H2,1-2H3,(H,31,32). The molecule has 3 saturated carbocycles. The van der Waals surface area contributed by atoms with Crippen LogP contribution < -0.4 is 4.74 Å². The lowest BCUT2D eigenvalue weighted by atomic mass is 9.57. The van der Waals surface area contributed by atoms with E-state index in [0.717, 1.165) is 37.2 Å². The van der Waals surface area contributed by atoms with Gasteiger partial charge in [-0.1, -0.05) is 13.8 Å². The van der Waals surface area contributed by atoms with Gasteiger partial charge in [0.25, 0.3) is 5.91 Å². The molecule has 3 aliphatic carbocycles. The highest BCUT2D eigenvalue weighted by molar-refractivity contribution is 5.97. The Morgan fingerprint density at radius 3 is 2.45 bits per heavy atom. The molecule has 1 aromatic carbocycles. The minimum absolute atomic E-state index is 0.0202. The van der Waals surface area contributed by atoms with Crippen LogP contribution in [0.15, 0.2) is 12.1 Å². The fourth-order valence-electron chi connectivity index (χ4n) is 7.31. The van der Waals surface area contributed by atoms with Gasteiger partial charge in [0.15, 0.2) is 0 Å². The maximum Gasteiger partial charge on any atom is 0.326 e. The minimum Gasteiger partial charge on any atom is -0.493 e. The Bertz CT molecular complexity index is 923. The molecule has 4 fully saturated rings. The number of carboxylic acids is 1. The van der Waals surface area contributed by atoms with Crippen molar-refractivity contribution < 1.29 is 23.8 Å². The highest BCUT2D eigenvalue weighted by Gasteiger charge is 2.45. The van der Waals surface area contributed by atoms with E-state index < -0.39 is 23.7 Å². The maximum absolute atomic E-state index is 15.2. The van der Waals surface area contributed by atoms with Crippen LogP contribution in [0.5, 0.6) is 5.75 Å². The normalized spacial score (nSPS) is 33.7. The maximum atomic E-state index is 15.2. The molecule has 180 valence electrons. The number of carbonyl (C=O) groups is 2. The summed E-state index contributed by atoms with van der Waals surface area (Å²) in [6.07, 6.45) is 9.20. The average molecular weight is 458 g/mol. The van der Waals surface area contributed by atoms with Crippen molar-refractivity contribution in [3.05, 3.63) is 29.1 Å². The van der Waals surface area contributed by atoms with Crippen LogP contribution in [0.4, 0.5) is 4.39 Å². The van der Waals surface area contributed by atoms with Crippen LogP contribution in [-0.4, -0.2) is 41.1 Å². The Morgan fingerprint density at radius 2 is 1.82 bits per heavy atom. The molecule has 0 spiro atoms. The Balaban J connectivity index is 1.38. The Morgan fingerprint density at radius 1 is 1.12 bits per heavy atom. The number of benzene rings is 1. The lowest BCUT2D eigenvalue weighted by Gasteiger charge is -2.49. The quantitative estimate of drug-likeness (QED) is 0.602. The van der Waals surface area contributed by atoms with Gasteiger partial charge in [-0.15, -0.1) is 0 Å². The molecule has 5 nitrogen and oxygen atoms in total. The third kappa shape index (κ3) is 4.50. The number of ether oxygens (including phenoxy) is 1. The van der Waals surface area contributed by atoms with Crippen LogP contribution in [0, 0.1) is 29.0 Å². The molecule has 3 atom stereocenters. The first-order valence-electron chi connectivity index (χ1n) is 12.7. The van der Waals surface area contributed by atoms with Crippen LogP contribution in [-0.2, 0) is 4.79 Å². The number of carboxylic acid groups (broad SMARTS) is 1. The molecule has 1 aliphatic heterocycles. The van der Waals surface area contributed by atoms with Crippen molar-refractivity contribution in [3.63, 3.8) is 0 Å². The van der Waals surface area contributed by atoms with Crippen LogP contribution in [0.25, 0.3) is 0 Å². The number of aliphatic carboxylic acids is 1. The monoisotopic (exact) mass is 457 g/mol. The molecule has 4 aliphatic rings. The molecule has 1 aromatic rings. The van der Waals surface area contributed by atoms with E-state index in [1.807, 2.05) is 0 Å². The zero-order valence-electron chi connectivity index (χ0n) is 19.8. The second-order valence-electron chi connectivity index (χ2n) is 11.6. The van der Waals surface area contributed by atoms with E-state index in [4.69, 9.17) is 4.74 Å². The first kappa shape index (κ1) is 22.7. The van der Waals surface area contributed by atoms with Gasteiger partial charge in [-0.05, 0) is 93.1 Å². The lowest BCUT2D eigenvalue weighted by Crippen LogP contribution is -2.43. The molecule has 2 bridgehead atoms. The van der Waals surface area contributed by atoms with Crippen molar-refractivity contribution in [3.8, 4) is 5.75 Å². The number of hydrogen-bond donors (Lipinski definition) is 1. The molecule has 5 rings (SSSR count). The summed E-state index contributed by atoms with van der Waals surface area (Å²) in [5, 5.41) is 9.44. The number of carbonyl (C=O) groups excluding carboxylic acids is 1. The Hall–Kier alpha value is -2.11. The zero-order valence-corrected chi connectivity index (χ0v) is 19.8. The second-order valence-corrected chi connectivity index (χ2v) is 11.6. The second kappa shape index (κ2) is 8.59. The molecular weight excluding hydrogens is 421 g/mol. The third-order valence-corrected chi connectivity index (χ3v) is 8.44. The van der Waals surface area contributed by atoms with Crippen LogP contribution >= 0.6 is 0 Å². The summed E-state index contributed by atoms with van der Waals surface area (Å²) in [5.74, 6) is 0.874. The molecule has 3 unspecified atom stereocenters. The van der Waals surface area contributed by atoms with Gasteiger partial charge in [-0.2, -0.15) is 0 Å². The van der Waals surface area contributed by atoms with E-state index >= 15 is 4.39 Å². The van der Waals surface area contributed by atoms with Crippen LogP contribution in [0.3, 0.4) is 0 Å². The average Bonchev–Trinajstić information content (AvgIpc) is 3.45. The van der Waals surface area contributed by atoms with E-state index in [1.54, 1.807) is 6.07 Å². The summed E-state index contributed by atoms with van der Waals surface area (Å²) in [7, 11) is 0. The van der Waals surface area contributed by atoms with Crippen molar-refractivity contribution in [2.75, 3.05) is 13.2 Å². The smallest absolute Gasteiger partial charge is 0.326 e. The molecule has 1 heterocycles. The largest absolute Gasteiger partial charge is 0.493 e. The predicted molar refractivity (Wildman–Crippen MR) is 123 cm³/mol.